The molecule has 0 radical (unpaired) electrons. The molecule has 1 aliphatic rings. The zero-order chi connectivity index (χ0) is 16.1. The lowest BCUT2D eigenvalue weighted by Crippen LogP contribution is -2.15. The van der Waals surface area contributed by atoms with Gasteiger partial charge in [-0.05, 0) is 24.8 Å². The lowest BCUT2D eigenvalue weighted by Gasteiger charge is -2.20. The van der Waals surface area contributed by atoms with Crippen LogP contribution in [0.5, 0.6) is 0 Å². The van der Waals surface area contributed by atoms with Crippen LogP contribution in [0.2, 0.25) is 0 Å². The number of allylic oxidation sites excluding steroid dienone is 2. The molecule has 1 aromatic rings. The maximum Gasteiger partial charge on any atom is 0.301 e. The number of benzene rings is 1. The quantitative estimate of drug-likeness (QED) is 0.387. The summed E-state index contributed by atoms with van der Waals surface area (Å²) in [6.07, 6.45) is 7.82. The fourth-order valence-corrected chi connectivity index (χ4v) is 2.26. The number of nitro groups is 2. The van der Waals surface area contributed by atoms with Crippen LogP contribution < -0.4 is 5.43 Å². The maximum atomic E-state index is 11.0. The van der Waals surface area contributed by atoms with Gasteiger partial charge >= 0.3 is 5.69 Å². The van der Waals surface area contributed by atoms with Crippen molar-refractivity contribution in [3.05, 3.63) is 50.6 Å². The SMILES string of the molecule is CC1CC=CCC1C=NNc1ccc([N+](=O)[O-])cc1[N+](=O)[O-]. The first-order valence-corrected chi connectivity index (χ1v) is 6.86. The van der Waals surface area contributed by atoms with Crippen molar-refractivity contribution in [3.63, 3.8) is 0 Å². The highest BCUT2D eigenvalue weighted by Crippen LogP contribution is 2.29. The van der Waals surface area contributed by atoms with E-state index in [0.29, 0.717) is 5.92 Å². The zero-order valence-electron chi connectivity index (χ0n) is 12.0. The van der Waals surface area contributed by atoms with Gasteiger partial charge in [-0.15, -0.1) is 0 Å². The molecule has 0 heterocycles. The predicted molar refractivity (Wildman–Crippen MR) is 82.9 cm³/mol. The third kappa shape index (κ3) is 3.66. The smallest absolute Gasteiger partial charge is 0.272 e. The van der Waals surface area contributed by atoms with Crippen LogP contribution >= 0.6 is 0 Å². The molecule has 116 valence electrons. The molecule has 2 unspecified atom stereocenters. The Labute approximate surface area is 126 Å². The van der Waals surface area contributed by atoms with Gasteiger partial charge in [0.2, 0.25) is 0 Å². The number of anilines is 1. The van der Waals surface area contributed by atoms with Crippen LogP contribution in [0.15, 0.2) is 35.5 Å². The van der Waals surface area contributed by atoms with Crippen molar-refractivity contribution in [2.75, 3.05) is 5.43 Å². The van der Waals surface area contributed by atoms with Gasteiger partial charge in [0, 0.05) is 18.2 Å². The van der Waals surface area contributed by atoms with Crippen molar-refractivity contribution >= 4 is 23.3 Å². The van der Waals surface area contributed by atoms with Gasteiger partial charge in [0.25, 0.3) is 5.69 Å². The lowest BCUT2D eigenvalue weighted by atomic mass is 9.85. The number of nitrogens with one attached hydrogen (secondary N) is 1. The van der Waals surface area contributed by atoms with Gasteiger partial charge in [0.1, 0.15) is 5.69 Å². The second-order valence-corrected chi connectivity index (χ2v) is 5.19. The Morgan fingerprint density at radius 3 is 2.59 bits per heavy atom. The monoisotopic (exact) mass is 304 g/mol. The van der Waals surface area contributed by atoms with Crippen molar-refractivity contribution in [1.29, 1.82) is 0 Å². The number of hydrogen-bond acceptors (Lipinski definition) is 6. The van der Waals surface area contributed by atoms with Crippen LogP contribution in [-0.2, 0) is 0 Å². The highest BCUT2D eigenvalue weighted by atomic mass is 16.6. The van der Waals surface area contributed by atoms with Crippen LogP contribution in [-0.4, -0.2) is 16.1 Å². The van der Waals surface area contributed by atoms with E-state index in [4.69, 9.17) is 0 Å². The highest BCUT2D eigenvalue weighted by Gasteiger charge is 2.20. The van der Waals surface area contributed by atoms with Gasteiger partial charge in [-0.2, -0.15) is 5.10 Å². The average molecular weight is 304 g/mol. The van der Waals surface area contributed by atoms with E-state index < -0.39 is 9.85 Å². The largest absolute Gasteiger partial charge is 0.301 e. The first kappa shape index (κ1) is 15.6. The number of nitrogens with zero attached hydrogens (tertiary/aromatic N) is 3. The van der Waals surface area contributed by atoms with Crippen molar-refractivity contribution in [1.82, 2.24) is 0 Å². The molecule has 0 fully saturated rings. The molecule has 1 N–H and O–H groups in total. The number of non-ortho nitro benzene ring substituents is 1. The van der Waals surface area contributed by atoms with Crippen LogP contribution in [0.25, 0.3) is 0 Å². The van der Waals surface area contributed by atoms with E-state index in [1.54, 1.807) is 6.21 Å². The molecule has 2 atom stereocenters. The minimum atomic E-state index is -0.671. The van der Waals surface area contributed by atoms with Gasteiger partial charge in [-0.3, -0.25) is 25.7 Å². The van der Waals surface area contributed by atoms with Crippen LogP contribution in [0.1, 0.15) is 19.8 Å². The molecule has 0 bridgehead atoms. The predicted octanol–water partition coefficient (Wildman–Crippen LogP) is 3.50. The minimum absolute atomic E-state index is 0.130. The molecule has 0 aliphatic heterocycles. The summed E-state index contributed by atoms with van der Waals surface area (Å²) >= 11 is 0. The molecule has 8 heteroatoms. The van der Waals surface area contributed by atoms with Crippen LogP contribution in [0, 0.1) is 32.1 Å². The molecular weight excluding hydrogens is 288 g/mol. The van der Waals surface area contributed by atoms with E-state index in [0.717, 1.165) is 18.9 Å². The molecule has 8 nitrogen and oxygen atoms in total. The Morgan fingerprint density at radius 1 is 1.23 bits per heavy atom. The van der Waals surface area contributed by atoms with Gasteiger partial charge < -0.3 is 0 Å². The van der Waals surface area contributed by atoms with E-state index in [9.17, 15) is 20.2 Å². The molecule has 22 heavy (non-hydrogen) atoms. The molecular formula is C14H16N4O4. The molecule has 1 aromatic carbocycles. The normalized spacial score (nSPS) is 21.0. The molecule has 0 aromatic heterocycles. The summed E-state index contributed by atoms with van der Waals surface area (Å²) in [5, 5.41) is 25.7. The molecule has 2 rings (SSSR count). The Kier molecular flexibility index (Phi) is 4.82. The molecule has 0 spiro atoms. The summed E-state index contributed by atoms with van der Waals surface area (Å²) in [5.74, 6) is 0.733. The highest BCUT2D eigenvalue weighted by molar-refractivity contribution is 5.68. The zero-order valence-corrected chi connectivity index (χ0v) is 12.0. The number of hydrogen-bond donors (Lipinski definition) is 1. The average Bonchev–Trinajstić information content (AvgIpc) is 2.49. The second-order valence-electron chi connectivity index (χ2n) is 5.19. The summed E-state index contributed by atoms with van der Waals surface area (Å²) in [7, 11) is 0. The van der Waals surface area contributed by atoms with Gasteiger partial charge in [-0.1, -0.05) is 19.1 Å². The molecule has 0 amide bonds. The number of nitro benzene ring substituents is 2. The first-order valence-electron chi connectivity index (χ1n) is 6.86. The summed E-state index contributed by atoms with van der Waals surface area (Å²) in [4.78, 5) is 20.3. The van der Waals surface area contributed by atoms with Gasteiger partial charge in [-0.25, -0.2) is 0 Å². The minimum Gasteiger partial charge on any atom is -0.272 e. The maximum absolute atomic E-state index is 11.0. The number of hydrazone groups is 1. The van der Waals surface area contributed by atoms with E-state index in [1.807, 2.05) is 0 Å². The molecule has 0 saturated heterocycles. The lowest BCUT2D eigenvalue weighted by molar-refractivity contribution is -0.393. The van der Waals surface area contributed by atoms with E-state index in [1.165, 1.54) is 12.1 Å². The first-order chi connectivity index (χ1) is 10.5. The van der Waals surface area contributed by atoms with E-state index in [2.05, 4.69) is 29.6 Å². The Morgan fingerprint density at radius 2 is 1.95 bits per heavy atom. The fraction of sp³-hybridized carbons (Fsp3) is 0.357. The van der Waals surface area contributed by atoms with Gasteiger partial charge in [0.05, 0.1) is 15.9 Å². The topological polar surface area (TPSA) is 111 Å². The van der Waals surface area contributed by atoms with E-state index in [-0.39, 0.29) is 23.0 Å². The van der Waals surface area contributed by atoms with Gasteiger partial charge in [0.15, 0.2) is 0 Å². The van der Waals surface area contributed by atoms with Crippen molar-refractivity contribution in [2.24, 2.45) is 16.9 Å². The fourth-order valence-electron chi connectivity index (χ4n) is 2.26. The second kappa shape index (κ2) is 6.79. The summed E-state index contributed by atoms with van der Waals surface area (Å²) in [5.41, 5.74) is 2.04. The summed E-state index contributed by atoms with van der Waals surface area (Å²) < 4.78 is 0. The van der Waals surface area contributed by atoms with Crippen LogP contribution in [0.3, 0.4) is 0 Å². The number of rotatable bonds is 5. The Balaban J connectivity index is 2.13. The Bertz CT molecular complexity index is 642. The Hall–Kier alpha value is -2.77. The summed E-state index contributed by atoms with van der Waals surface area (Å²) in [6, 6.07) is 3.42. The molecule has 1 aliphatic carbocycles. The third-order valence-corrected chi connectivity index (χ3v) is 3.65. The molecule has 0 saturated carbocycles. The van der Waals surface area contributed by atoms with E-state index >= 15 is 0 Å². The third-order valence-electron chi connectivity index (χ3n) is 3.65. The van der Waals surface area contributed by atoms with Crippen LogP contribution in [0.4, 0.5) is 17.1 Å². The van der Waals surface area contributed by atoms with Crippen molar-refractivity contribution in [3.8, 4) is 0 Å². The summed E-state index contributed by atoms with van der Waals surface area (Å²) in [6.45, 7) is 2.12. The van der Waals surface area contributed by atoms with Crippen molar-refractivity contribution < 1.29 is 9.85 Å². The van der Waals surface area contributed by atoms with Crippen molar-refractivity contribution in [2.45, 2.75) is 19.8 Å². The standard InChI is InChI=1S/C14H16N4O4/c1-10-4-2-3-5-11(10)9-15-16-13-7-6-12(17(19)20)8-14(13)18(21)22/h2-3,6-11,16H,4-5H2,1H3.